The minimum absolute atomic E-state index is 0.0161. The molecule has 1 aliphatic rings. The first-order valence-corrected chi connectivity index (χ1v) is 5.20. The van der Waals surface area contributed by atoms with Crippen molar-refractivity contribution in [1.29, 1.82) is 0 Å². The molecule has 0 aromatic rings. The van der Waals surface area contributed by atoms with Crippen LogP contribution < -0.4 is 0 Å². The van der Waals surface area contributed by atoms with Gasteiger partial charge < -0.3 is 14.6 Å². The van der Waals surface area contributed by atoms with E-state index in [0.29, 0.717) is 17.8 Å². The summed E-state index contributed by atoms with van der Waals surface area (Å²) in [5.41, 5.74) is 0.855. The largest absolute Gasteiger partial charge is 0.466 e. The Bertz CT molecular complexity index is 344. The number of hydrogen-bond donors (Lipinski definition) is 1. The first-order valence-electron chi connectivity index (χ1n) is 5.20. The third-order valence-corrected chi connectivity index (χ3v) is 2.69. The molecule has 0 aliphatic carbocycles. The summed E-state index contributed by atoms with van der Waals surface area (Å²) in [5, 5.41) is 10.0. The lowest BCUT2D eigenvalue weighted by atomic mass is 10.0. The number of rotatable bonds is 4. The summed E-state index contributed by atoms with van der Waals surface area (Å²) < 4.78 is 9.57. The number of esters is 2. The molecule has 5 nitrogen and oxygen atoms in total. The van der Waals surface area contributed by atoms with Crippen LogP contribution in [-0.2, 0) is 19.1 Å². The van der Waals surface area contributed by atoms with Gasteiger partial charge in [-0.25, -0.2) is 4.79 Å². The van der Waals surface area contributed by atoms with Crippen LogP contribution in [0.4, 0.5) is 0 Å². The summed E-state index contributed by atoms with van der Waals surface area (Å²) in [6.07, 6.45) is 0.0446. The van der Waals surface area contributed by atoms with Crippen molar-refractivity contribution in [2.24, 2.45) is 0 Å². The second-order valence-electron chi connectivity index (χ2n) is 3.73. The van der Waals surface area contributed by atoms with E-state index in [9.17, 15) is 14.7 Å². The van der Waals surface area contributed by atoms with Crippen LogP contribution in [0.2, 0.25) is 0 Å². The molecule has 0 aromatic carbocycles. The van der Waals surface area contributed by atoms with Crippen LogP contribution in [0.3, 0.4) is 0 Å². The lowest BCUT2D eigenvalue weighted by Gasteiger charge is -2.22. The van der Waals surface area contributed by atoms with Gasteiger partial charge in [0.05, 0.1) is 13.0 Å². The summed E-state index contributed by atoms with van der Waals surface area (Å²) in [6, 6.07) is 0. The Labute approximate surface area is 94.0 Å². The van der Waals surface area contributed by atoms with Crippen LogP contribution in [0.15, 0.2) is 11.1 Å². The van der Waals surface area contributed by atoms with Crippen LogP contribution >= 0.6 is 0 Å². The highest BCUT2D eigenvalue weighted by molar-refractivity contribution is 5.92. The van der Waals surface area contributed by atoms with Crippen molar-refractivity contribution >= 4 is 11.9 Å². The second kappa shape index (κ2) is 4.65. The zero-order valence-electron chi connectivity index (χ0n) is 9.70. The van der Waals surface area contributed by atoms with Crippen LogP contribution in [0.1, 0.15) is 33.6 Å². The fourth-order valence-electron chi connectivity index (χ4n) is 1.50. The zero-order valence-corrected chi connectivity index (χ0v) is 9.70. The summed E-state index contributed by atoms with van der Waals surface area (Å²) in [7, 11) is 0. The van der Waals surface area contributed by atoms with Crippen LogP contribution in [0.25, 0.3) is 0 Å². The standard InChI is InChI=1S/C11H16O5/c1-4-15-9(12)5-6-11(14)8(3)7(2)10(13)16-11/h14H,4-6H2,1-3H3/t11-/m0/s1. The average Bonchev–Trinajstić information content (AvgIpc) is 2.42. The van der Waals surface area contributed by atoms with E-state index in [4.69, 9.17) is 9.47 Å². The van der Waals surface area contributed by atoms with E-state index in [1.165, 1.54) is 0 Å². The molecule has 0 amide bonds. The summed E-state index contributed by atoms with van der Waals surface area (Å²) in [5.74, 6) is -2.60. The van der Waals surface area contributed by atoms with Gasteiger partial charge in [-0.2, -0.15) is 0 Å². The highest BCUT2D eigenvalue weighted by atomic mass is 16.7. The molecule has 16 heavy (non-hydrogen) atoms. The van der Waals surface area contributed by atoms with E-state index in [2.05, 4.69) is 0 Å². The lowest BCUT2D eigenvalue weighted by Crippen LogP contribution is -2.31. The molecule has 0 unspecified atom stereocenters. The lowest BCUT2D eigenvalue weighted by molar-refractivity contribution is -0.186. The van der Waals surface area contributed by atoms with Crippen molar-refractivity contribution in [2.75, 3.05) is 6.61 Å². The molecular formula is C11H16O5. The molecule has 1 heterocycles. The molecular weight excluding hydrogens is 212 g/mol. The SMILES string of the molecule is CCOC(=O)CC[C@]1(O)OC(=O)C(C)=C1C. The predicted octanol–water partition coefficient (Wildman–Crippen LogP) is 0.911. The molecule has 0 aromatic heterocycles. The fraction of sp³-hybridized carbons (Fsp3) is 0.636. The highest BCUT2D eigenvalue weighted by Crippen LogP contribution is 2.33. The van der Waals surface area contributed by atoms with Crippen LogP contribution in [-0.4, -0.2) is 29.4 Å². The van der Waals surface area contributed by atoms with Gasteiger partial charge in [0.2, 0.25) is 5.79 Å². The van der Waals surface area contributed by atoms with E-state index < -0.39 is 17.7 Å². The Hall–Kier alpha value is -1.36. The quantitative estimate of drug-likeness (QED) is 0.724. The van der Waals surface area contributed by atoms with Crippen molar-refractivity contribution in [3.05, 3.63) is 11.1 Å². The minimum atomic E-state index is -1.64. The summed E-state index contributed by atoms with van der Waals surface area (Å²) in [6.45, 7) is 5.20. The summed E-state index contributed by atoms with van der Waals surface area (Å²) >= 11 is 0. The second-order valence-corrected chi connectivity index (χ2v) is 3.73. The Morgan fingerprint density at radius 1 is 1.50 bits per heavy atom. The van der Waals surface area contributed by atoms with Crippen LogP contribution in [0.5, 0.6) is 0 Å². The number of ether oxygens (including phenoxy) is 2. The highest BCUT2D eigenvalue weighted by Gasteiger charge is 2.42. The maximum Gasteiger partial charge on any atom is 0.336 e. The molecule has 1 N–H and O–H groups in total. The Kier molecular flexibility index (Phi) is 3.70. The van der Waals surface area contributed by atoms with Gasteiger partial charge in [0.25, 0.3) is 0 Å². The predicted molar refractivity (Wildman–Crippen MR) is 55.3 cm³/mol. The fourth-order valence-corrected chi connectivity index (χ4v) is 1.50. The third kappa shape index (κ3) is 2.41. The van der Waals surface area contributed by atoms with Gasteiger partial charge in [0.1, 0.15) is 0 Å². The molecule has 0 saturated carbocycles. The number of carbonyl (C=O) groups excluding carboxylic acids is 2. The summed E-state index contributed by atoms with van der Waals surface area (Å²) in [4.78, 5) is 22.3. The average molecular weight is 228 g/mol. The topological polar surface area (TPSA) is 72.8 Å². The molecule has 5 heteroatoms. The van der Waals surface area contributed by atoms with Crippen molar-refractivity contribution in [2.45, 2.75) is 39.4 Å². The van der Waals surface area contributed by atoms with Gasteiger partial charge in [0, 0.05) is 17.6 Å². The van der Waals surface area contributed by atoms with Gasteiger partial charge in [-0.15, -0.1) is 0 Å². The van der Waals surface area contributed by atoms with E-state index >= 15 is 0 Å². The van der Waals surface area contributed by atoms with E-state index in [1.54, 1.807) is 20.8 Å². The normalized spacial score (nSPS) is 24.6. The van der Waals surface area contributed by atoms with Gasteiger partial charge >= 0.3 is 11.9 Å². The number of hydrogen-bond acceptors (Lipinski definition) is 5. The van der Waals surface area contributed by atoms with Gasteiger partial charge in [-0.3, -0.25) is 4.79 Å². The molecule has 1 rings (SSSR count). The molecule has 0 radical (unpaired) electrons. The monoisotopic (exact) mass is 228 g/mol. The first kappa shape index (κ1) is 12.7. The molecule has 0 spiro atoms. The van der Waals surface area contributed by atoms with Crippen molar-refractivity contribution in [3.63, 3.8) is 0 Å². The molecule has 90 valence electrons. The third-order valence-electron chi connectivity index (χ3n) is 2.69. The zero-order chi connectivity index (χ0) is 12.3. The van der Waals surface area contributed by atoms with Crippen molar-refractivity contribution in [3.8, 4) is 0 Å². The number of carbonyl (C=O) groups is 2. The number of aliphatic hydroxyl groups is 1. The molecule has 1 aliphatic heterocycles. The van der Waals surface area contributed by atoms with Gasteiger partial charge in [-0.1, -0.05) is 0 Å². The van der Waals surface area contributed by atoms with Gasteiger partial charge in [-0.05, 0) is 20.8 Å². The van der Waals surface area contributed by atoms with E-state index in [0.717, 1.165) is 0 Å². The Morgan fingerprint density at radius 3 is 2.56 bits per heavy atom. The molecule has 0 fully saturated rings. The maximum absolute atomic E-state index is 11.2. The van der Waals surface area contributed by atoms with Crippen LogP contribution in [0, 0.1) is 0 Å². The minimum Gasteiger partial charge on any atom is -0.466 e. The van der Waals surface area contributed by atoms with E-state index in [1.807, 2.05) is 0 Å². The maximum atomic E-state index is 11.2. The van der Waals surface area contributed by atoms with Gasteiger partial charge in [0.15, 0.2) is 0 Å². The molecule has 0 bridgehead atoms. The van der Waals surface area contributed by atoms with Crippen molar-refractivity contribution in [1.82, 2.24) is 0 Å². The first-order chi connectivity index (χ1) is 7.40. The van der Waals surface area contributed by atoms with Crippen molar-refractivity contribution < 1.29 is 24.2 Å². The Balaban J connectivity index is 2.61. The van der Waals surface area contributed by atoms with E-state index in [-0.39, 0.29) is 12.8 Å². The molecule has 0 saturated heterocycles. The Morgan fingerprint density at radius 2 is 2.12 bits per heavy atom. The number of cyclic esters (lactones) is 1. The molecule has 1 atom stereocenters. The smallest absolute Gasteiger partial charge is 0.336 e.